The van der Waals surface area contributed by atoms with Crippen molar-refractivity contribution in [2.75, 3.05) is 5.32 Å². The largest absolute Gasteiger partial charge is 0.481 e. The van der Waals surface area contributed by atoms with E-state index in [2.05, 4.69) is 10.3 Å². The Kier molecular flexibility index (Phi) is 4.52. The Bertz CT molecular complexity index is 942. The van der Waals surface area contributed by atoms with Gasteiger partial charge in [-0.05, 0) is 48.7 Å². The number of anilines is 1. The fraction of sp³-hybridized carbons (Fsp3) is 0.211. The Labute approximate surface area is 145 Å². The van der Waals surface area contributed by atoms with E-state index in [0.29, 0.717) is 23.4 Å². The molecule has 0 atom stereocenters. The molecule has 0 saturated carbocycles. The number of carbonyl (C=O) groups excluding carboxylic acids is 1. The van der Waals surface area contributed by atoms with Crippen molar-refractivity contribution < 1.29 is 14.7 Å². The molecule has 3 rings (SSSR count). The van der Waals surface area contributed by atoms with E-state index in [-0.39, 0.29) is 12.3 Å². The highest BCUT2D eigenvalue weighted by Crippen LogP contribution is 2.18. The molecule has 0 unspecified atom stereocenters. The van der Waals surface area contributed by atoms with Gasteiger partial charge < -0.3 is 10.4 Å². The first kappa shape index (κ1) is 16.7. The second kappa shape index (κ2) is 6.76. The number of aliphatic carboxylic acids is 1. The average Bonchev–Trinajstić information content (AvgIpc) is 2.93. The van der Waals surface area contributed by atoms with Gasteiger partial charge in [0.1, 0.15) is 11.3 Å². The first-order valence-corrected chi connectivity index (χ1v) is 8.07. The van der Waals surface area contributed by atoms with Crippen LogP contribution in [0, 0.1) is 6.92 Å². The van der Waals surface area contributed by atoms with Crippen LogP contribution in [0.2, 0.25) is 0 Å². The predicted octanol–water partition coefficient (Wildman–Crippen LogP) is 3.08. The van der Waals surface area contributed by atoms with E-state index in [0.717, 1.165) is 16.9 Å². The van der Waals surface area contributed by atoms with Gasteiger partial charge in [0.15, 0.2) is 0 Å². The van der Waals surface area contributed by atoms with Crippen molar-refractivity contribution in [1.29, 1.82) is 0 Å². The first-order chi connectivity index (χ1) is 12.0. The Morgan fingerprint density at radius 3 is 2.56 bits per heavy atom. The molecule has 0 spiro atoms. The lowest BCUT2D eigenvalue weighted by atomic mass is 10.1. The van der Waals surface area contributed by atoms with Crippen LogP contribution in [0.25, 0.3) is 5.65 Å². The quantitative estimate of drug-likeness (QED) is 0.749. The number of hydrogen-bond acceptors (Lipinski definition) is 3. The van der Waals surface area contributed by atoms with E-state index >= 15 is 0 Å². The first-order valence-electron chi connectivity index (χ1n) is 8.07. The number of benzene rings is 1. The van der Waals surface area contributed by atoms with E-state index in [9.17, 15) is 9.59 Å². The molecule has 1 aromatic carbocycles. The van der Waals surface area contributed by atoms with Gasteiger partial charge in [-0.25, -0.2) is 4.98 Å². The minimum atomic E-state index is -0.884. The number of carboxylic acid groups (broad SMARTS) is 1. The molecule has 0 aliphatic carbocycles. The van der Waals surface area contributed by atoms with Crippen LogP contribution >= 0.6 is 0 Å². The molecule has 2 heterocycles. The molecule has 2 aromatic heterocycles. The van der Waals surface area contributed by atoms with Gasteiger partial charge in [-0.1, -0.05) is 19.1 Å². The van der Waals surface area contributed by atoms with Gasteiger partial charge in [-0.3, -0.25) is 14.0 Å². The van der Waals surface area contributed by atoms with Gasteiger partial charge in [-0.15, -0.1) is 0 Å². The van der Waals surface area contributed by atoms with Crippen molar-refractivity contribution in [1.82, 2.24) is 9.38 Å². The highest BCUT2D eigenvalue weighted by Gasteiger charge is 2.18. The van der Waals surface area contributed by atoms with E-state index in [1.54, 1.807) is 28.7 Å². The number of pyridine rings is 1. The van der Waals surface area contributed by atoms with Crippen LogP contribution in [0.3, 0.4) is 0 Å². The van der Waals surface area contributed by atoms with Crippen LogP contribution in [0.1, 0.15) is 34.2 Å². The Balaban J connectivity index is 1.88. The molecule has 3 aromatic rings. The molecule has 0 bridgehead atoms. The lowest BCUT2D eigenvalue weighted by Crippen LogP contribution is -2.16. The summed E-state index contributed by atoms with van der Waals surface area (Å²) in [6, 6.07) is 10.7. The average molecular weight is 337 g/mol. The smallest absolute Gasteiger partial charge is 0.307 e. The molecule has 6 heteroatoms. The summed E-state index contributed by atoms with van der Waals surface area (Å²) in [5.41, 5.74) is 4.39. The normalized spacial score (nSPS) is 10.8. The number of aryl methyl sites for hydroxylation is 2. The van der Waals surface area contributed by atoms with Gasteiger partial charge in [-0.2, -0.15) is 0 Å². The van der Waals surface area contributed by atoms with Crippen LogP contribution in [0.5, 0.6) is 0 Å². The van der Waals surface area contributed by atoms with Crippen molar-refractivity contribution in [3.63, 3.8) is 0 Å². The molecule has 0 saturated heterocycles. The molecular formula is C19H19N3O3. The lowest BCUT2D eigenvalue weighted by molar-refractivity contribution is -0.136. The molecular weight excluding hydrogens is 318 g/mol. The SMILES string of the molecule is CCc1nc2cc(C)ccn2c1C(=O)Nc1ccc(CC(=O)O)cc1. The lowest BCUT2D eigenvalue weighted by Gasteiger charge is -2.07. The highest BCUT2D eigenvalue weighted by atomic mass is 16.4. The molecule has 2 N–H and O–H groups in total. The molecule has 128 valence electrons. The summed E-state index contributed by atoms with van der Waals surface area (Å²) in [6.07, 6.45) is 2.46. The van der Waals surface area contributed by atoms with Crippen LogP contribution in [0.4, 0.5) is 5.69 Å². The third kappa shape index (κ3) is 3.52. The Hall–Kier alpha value is -3.15. The second-order valence-corrected chi connectivity index (χ2v) is 5.91. The maximum absolute atomic E-state index is 12.8. The minimum Gasteiger partial charge on any atom is -0.481 e. The number of nitrogens with one attached hydrogen (secondary N) is 1. The summed E-state index contributed by atoms with van der Waals surface area (Å²) in [5.74, 6) is -1.12. The fourth-order valence-corrected chi connectivity index (χ4v) is 2.75. The summed E-state index contributed by atoms with van der Waals surface area (Å²) < 4.78 is 1.79. The van der Waals surface area contributed by atoms with Crippen LogP contribution in [0.15, 0.2) is 42.6 Å². The van der Waals surface area contributed by atoms with Crippen LogP contribution < -0.4 is 5.32 Å². The number of amides is 1. The Morgan fingerprint density at radius 1 is 1.20 bits per heavy atom. The third-order valence-electron chi connectivity index (χ3n) is 3.97. The highest BCUT2D eigenvalue weighted by molar-refractivity contribution is 6.04. The number of fused-ring (bicyclic) bond motifs is 1. The molecule has 6 nitrogen and oxygen atoms in total. The summed E-state index contributed by atoms with van der Waals surface area (Å²) in [5, 5.41) is 11.7. The van der Waals surface area contributed by atoms with E-state index in [1.807, 2.05) is 32.2 Å². The van der Waals surface area contributed by atoms with E-state index in [1.165, 1.54) is 0 Å². The van der Waals surface area contributed by atoms with Crippen LogP contribution in [-0.2, 0) is 17.6 Å². The van der Waals surface area contributed by atoms with Crippen molar-refractivity contribution in [3.8, 4) is 0 Å². The van der Waals surface area contributed by atoms with Crippen molar-refractivity contribution >= 4 is 23.2 Å². The summed E-state index contributed by atoms with van der Waals surface area (Å²) >= 11 is 0. The molecule has 1 amide bonds. The number of rotatable bonds is 5. The molecule has 0 aliphatic rings. The maximum atomic E-state index is 12.8. The van der Waals surface area contributed by atoms with Gasteiger partial charge >= 0.3 is 5.97 Å². The number of aromatic nitrogens is 2. The van der Waals surface area contributed by atoms with E-state index in [4.69, 9.17) is 5.11 Å². The summed E-state index contributed by atoms with van der Waals surface area (Å²) in [4.78, 5) is 28.0. The van der Waals surface area contributed by atoms with Gasteiger partial charge in [0, 0.05) is 11.9 Å². The standard InChI is InChI=1S/C19H19N3O3/c1-3-15-18(22-9-8-12(2)10-16(22)21-15)19(25)20-14-6-4-13(5-7-14)11-17(23)24/h4-10H,3,11H2,1-2H3,(H,20,25)(H,23,24). The van der Waals surface area contributed by atoms with Crippen LogP contribution in [-0.4, -0.2) is 26.4 Å². The fourth-order valence-electron chi connectivity index (χ4n) is 2.75. The van der Waals surface area contributed by atoms with Crippen molar-refractivity contribution in [3.05, 3.63) is 65.1 Å². The van der Waals surface area contributed by atoms with E-state index < -0.39 is 5.97 Å². The zero-order valence-corrected chi connectivity index (χ0v) is 14.1. The Morgan fingerprint density at radius 2 is 1.92 bits per heavy atom. The zero-order chi connectivity index (χ0) is 18.0. The number of imidazole rings is 1. The molecule has 0 aliphatic heterocycles. The number of carbonyl (C=O) groups is 2. The monoisotopic (exact) mass is 337 g/mol. The number of carboxylic acids is 1. The molecule has 25 heavy (non-hydrogen) atoms. The summed E-state index contributed by atoms with van der Waals surface area (Å²) in [7, 11) is 0. The summed E-state index contributed by atoms with van der Waals surface area (Å²) in [6.45, 7) is 3.95. The maximum Gasteiger partial charge on any atom is 0.307 e. The molecule has 0 radical (unpaired) electrons. The van der Waals surface area contributed by atoms with Gasteiger partial charge in [0.2, 0.25) is 0 Å². The zero-order valence-electron chi connectivity index (χ0n) is 14.1. The van der Waals surface area contributed by atoms with Crippen molar-refractivity contribution in [2.45, 2.75) is 26.7 Å². The number of hydrogen-bond donors (Lipinski definition) is 2. The van der Waals surface area contributed by atoms with Gasteiger partial charge in [0.05, 0.1) is 12.1 Å². The second-order valence-electron chi connectivity index (χ2n) is 5.91. The predicted molar refractivity (Wildman–Crippen MR) is 95.0 cm³/mol. The molecule has 0 fully saturated rings. The van der Waals surface area contributed by atoms with Crippen molar-refractivity contribution in [2.24, 2.45) is 0 Å². The minimum absolute atomic E-state index is 0.0409. The topological polar surface area (TPSA) is 83.7 Å². The van der Waals surface area contributed by atoms with Gasteiger partial charge in [0.25, 0.3) is 5.91 Å². The number of nitrogens with zero attached hydrogens (tertiary/aromatic N) is 2. The third-order valence-corrected chi connectivity index (χ3v) is 3.97.